The fourth-order valence-electron chi connectivity index (χ4n) is 3.39. The normalized spacial score (nSPS) is 21.1. The van der Waals surface area contributed by atoms with Gasteiger partial charge in [-0.3, -0.25) is 9.59 Å². The molecule has 2 fully saturated rings. The van der Waals surface area contributed by atoms with Gasteiger partial charge >= 0.3 is 0 Å². The molecule has 2 amide bonds. The van der Waals surface area contributed by atoms with Gasteiger partial charge in [0, 0.05) is 43.8 Å². The molecule has 2 aliphatic heterocycles. The van der Waals surface area contributed by atoms with Gasteiger partial charge < -0.3 is 14.5 Å². The van der Waals surface area contributed by atoms with Crippen molar-refractivity contribution in [2.45, 2.75) is 25.5 Å². The molecule has 24 heavy (non-hydrogen) atoms. The van der Waals surface area contributed by atoms with Crippen LogP contribution in [0.5, 0.6) is 0 Å². The van der Waals surface area contributed by atoms with Gasteiger partial charge in [-0.15, -0.1) is 0 Å². The largest absolute Gasteiger partial charge is 0.380 e. The molecule has 3 rings (SSSR count). The lowest BCUT2D eigenvalue weighted by atomic mass is 10.1. The maximum Gasteiger partial charge on any atom is 0.254 e. The molecule has 0 radical (unpaired) electrons. The first kappa shape index (κ1) is 17.3. The minimum absolute atomic E-state index is 0.0461. The van der Waals surface area contributed by atoms with Crippen molar-refractivity contribution in [1.82, 2.24) is 9.80 Å². The van der Waals surface area contributed by atoms with Gasteiger partial charge in [0.2, 0.25) is 5.91 Å². The molecular weight excluding hydrogens is 324 g/mol. The van der Waals surface area contributed by atoms with Crippen LogP contribution in [0.15, 0.2) is 24.3 Å². The number of ether oxygens (including phenoxy) is 1. The molecule has 0 saturated carbocycles. The number of hydrogen-bond acceptors (Lipinski definition) is 4. The summed E-state index contributed by atoms with van der Waals surface area (Å²) in [6.45, 7) is 2.73. The van der Waals surface area contributed by atoms with E-state index in [0.717, 1.165) is 43.0 Å². The summed E-state index contributed by atoms with van der Waals surface area (Å²) in [5.41, 5.74) is 1.61. The highest BCUT2D eigenvalue weighted by Crippen LogP contribution is 2.23. The third-order valence-corrected chi connectivity index (χ3v) is 5.55. The molecule has 1 aromatic rings. The molecule has 0 unspecified atom stereocenters. The minimum atomic E-state index is -0.299. The number of rotatable bonds is 4. The third-order valence-electron chi connectivity index (χ3n) is 4.61. The predicted molar refractivity (Wildman–Crippen MR) is 95.1 cm³/mol. The number of amides is 2. The first-order valence-electron chi connectivity index (χ1n) is 8.46. The first-order valence-corrected chi connectivity index (χ1v) is 9.61. The number of carbonyl (C=O) groups excluding carboxylic acids is 2. The Kier molecular flexibility index (Phi) is 5.79. The van der Waals surface area contributed by atoms with Crippen molar-refractivity contribution in [2.24, 2.45) is 0 Å². The molecule has 130 valence electrons. The number of thioether (sulfide) groups is 1. The van der Waals surface area contributed by atoms with E-state index >= 15 is 0 Å². The van der Waals surface area contributed by atoms with E-state index < -0.39 is 0 Å². The molecular formula is C18H24N2O3S. The van der Waals surface area contributed by atoms with Gasteiger partial charge in [0.25, 0.3) is 5.91 Å². The Labute approximate surface area is 147 Å². The number of methoxy groups -OCH3 is 1. The van der Waals surface area contributed by atoms with Crippen molar-refractivity contribution >= 4 is 23.6 Å². The highest BCUT2D eigenvalue weighted by Gasteiger charge is 2.37. The number of likely N-dealkylation sites (tertiary alicyclic amines) is 1. The summed E-state index contributed by atoms with van der Waals surface area (Å²) >= 11 is 1.88. The van der Waals surface area contributed by atoms with Crippen molar-refractivity contribution in [2.75, 3.05) is 38.2 Å². The van der Waals surface area contributed by atoms with E-state index in [2.05, 4.69) is 0 Å². The minimum Gasteiger partial charge on any atom is -0.380 e. The molecule has 0 bridgehead atoms. The molecule has 5 nitrogen and oxygen atoms in total. The molecule has 1 aromatic carbocycles. The fourth-order valence-corrected chi connectivity index (χ4v) is 4.29. The summed E-state index contributed by atoms with van der Waals surface area (Å²) in [6, 6.07) is 7.20. The van der Waals surface area contributed by atoms with Crippen molar-refractivity contribution in [3.05, 3.63) is 35.4 Å². The van der Waals surface area contributed by atoms with Gasteiger partial charge in [-0.25, -0.2) is 0 Å². The van der Waals surface area contributed by atoms with Crippen molar-refractivity contribution in [1.29, 1.82) is 0 Å². The summed E-state index contributed by atoms with van der Waals surface area (Å²) in [5.74, 6) is 2.06. The smallest absolute Gasteiger partial charge is 0.254 e. The molecule has 1 atom stereocenters. The quantitative estimate of drug-likeness (QED) is 0.835. The highest BCUT2D eigenvalue weighted by atomic mass is 32.2. The summed E-state index contributed by atoms with van der Waals surface area (Å²) in [5, 5.41) is 0. The lowest BCUT2D eigenvalue weighted by Crippen LogP contribution is -2.50. The molecule has 2 heterocycles. The van der Waals surface area contributed by atoms with Crippen LogP contribution in [-0.4, -0.2) is 65.9 Å². The molecule has 0 aliphatic carbocycles. The Balaban J connectivity index is 1.73. The number of nitrogens with zero attached hydrogens (tertiary/aromatic N) is 2. The van der Waals surface area contributed by atoms with E-state index in [4.69, 9.17) is 4.74 Å². The lowest BCUT2D eigenvalue weighted by molar-refractivity contribution is -0.134. The number of benzene rings is 1. The van der Waals surface area contributed by atoms with Crippen molar-refractivity contribution in [3.63, 3.8) is 0 Å². The van der Waals surface area contributed by atoms with Gasteiger partial charge in [0.15, 0.2) is 0 Å². The van der Waals surface area contributed by atoms with E-state index in [1.54, 1.807) is 12.0 Å². The second-order valence-corrected chi connectivity index (χ2v) is 7.45. The molecule has 0 N–H and O–H groups in total. The standard InChI is InChI=1S/C18H24N2O3S/c1-23-13-14-4-2-5-15(12-14)17(21)20-7-3-6-16(20)18(22)19-8-10-24-11-9-19/h2,4-5,12,16H,3,6-11,13H2,1H3/t16-/m0/s1. The number of carbonyl (C=O) groups is 2. The van der Waals surface area contributed by atoms with E-state index in [1.807, 2.05) is 40.9 Å². The van der Waals surface area contributed by atoms with Crippen LogP contribution in [0.4, 0.5) is 0 Å². The van der Waals surface area contributed by atoms with Crippen LogP contribution in [0.25, 0.3) is 0 Å². The Bertz CT molecular complexity index is 602. The Morgan fingerprint density at radius 1 is 1.25 bits per heavy atom. The Morgan fingerprint density at radius 3 is 2.79 bits per heavy atom. The zero-order valence-corrected chi connectivity index (χ0v) is 14.9. The molecule has 0 spiro atoms. The summed E-state index contributed by atoms with van der Waals surface area (Å²) in [6.07, 6.45) is 1.66. The summed E-state index contributed by atoms with van der Waals surface area (Å²) < 4.78 is 5.14. The van der Waals surface area contributed by atoms with Crippen LogP contribution in [0, 0.1) is 0 Å². The maximum absolute atomic E-state index is 12.9. The maximum atomic E-state index is 12.9. The van der Waals surface area contributed by atoms with Gasteiger partial charge in [-0.1, -0.05) is 12.1 Å². The van der Waals surface area contributed by atoms with Gasteiger partial charge in [-0.05, 0) is 30.5 Å². The average Bonchev–Trinajstić information content (AvgIpc) is 3.11. The van der Waals surface area contributed by atoms with E-state index in [-0.39, 0.29) is 17.9 Å². The predicted octanol–water partition coefficient (Wildman–Crippen LogP) is 2.01. The summed E-state index contributed by atoms with van der Waals surface area (Å²) in [4.78, 5) is 29.4. The van der Waals surface area contributed by atoms with E-state index in [0.29, 0.717) is 18.7 Å². The molecule has 2 saturated heterocycles. The zero-order chi connectivity index (χ0) is 16.9. The topological polar surface area (TPSA) is 49.9 Å². The number of hydrogen-bond donors (Lipinski definition) is 0. The second-order valence-electron chi connectivity index (χ2n) is 6.23. The molecule has 2 aliphatic rings. The highest BCUT2D eigenvalue weighted by molar-refractivity contribution is 7.99. The molecule has 0 aromatic heterocycles. The molecule has 6 heteroatoms. The van der Waals surface area contributed by atoms with Crippen LogP contribution in [0.3, 0.4) is 0 Å². The van der Waals surface area contributed by atoms with E-state index in [9.17, 15) is 9.59 Å². The monoisotopic (exact) mass is 348 g/mol. The average molecular weight is 348 g/mol. The van der Waals surface area contributed by atoms with Crippen LogP contribution in [0.2, 0.25) is 0 Å². The lowest BCUT2D eigenvalue weighted by Gasteiger charge is -2.32. The third kappa shape index (κ3) is 3.75. The van der Waals surface area contributed by atoms with Gasteiger partial charge in [0.1, 0.15) is 6.04 Å². The van der Waals surface area contributed by atoms with Crippen LogP contribution < -0.4 is 0 Å². The van der Waals surface area contributed by atoms with Gasteiger partial charge in [0.05, 0.1) is 6.61 Å². The zero-order valence-electron chi connectivity index (χ0n) is 14.1. The SMILES string of the molecule is COCc1cccc(C(=O)N2CCC[C@H]2C(=O)N2CCSCC2)c1. The van der Waals surface area contributed by atoms with Gasteiger partial charge in [-0.2, -0.15) is 11.8 Å². The fraction of sp³-hybridized carbons (Fsp3) is 0.556. The second kappa shape index (κ2) is 8.03. The van der Waals surface area contributed by atoms with Crippen LogP contribution in [-0.2, 0) is 16.1 Å². The Hall–Kier alpha value is -1.53. The summed E-state index contributed by atoms with van der Waals surface area (Å²) in [7, 11) is 1.64. The van der Waals surface area contributed by atoms with Crippen molar-refractivity contribution < 1.29 is 14.3 Å². The van der Waals surface area contributed by atoms with Crippen LogP contribution in [0.1, 0.15) is 28.8 Å². The van der Waals surface area contributed by atoms with E-state index in [1.165, 1.54) is 0 Å². The van der Waals surface area contributed by atoms with Crippen LogP contribution >= 0.6 is 11.8 Å². The Morgan fingerprint density at radius 2 is 2.04 bits per heavy atom. The first-order chi connectivity index (χ1) is 11.7. The van der Waals surface area contributed by atoms with Crippen molar-refractivity contribution in [3.8, 4) is 0 Å².